The number of thiophene rings is 1. The first-order valence-corrected chi connectivity index (χ1v) is 8.86. The van der Waals surface area contributed by atoms with E-state index in [1.807, 2.05) is 11.4 Å². The van der Waals surface area contributed by atoms with Crippen LogP contribution in [0, 0.1) is 11.6 Å². The largest absolute Gasteiger partial charge is 0.457 e. The quantitative estimate of drug-likeness (QED) is 0.282. The van der Waals surface area contributed by atoms with Crippen LogP contribution in [0.2, 0.25) is 0 Å². The predicted octanol–water partition coefficient (Wildman–Crippen LogP) is 3.49. The molecule has 0 aliphatic rings. The molecule has 0 saturated heterocycles. The van der Waals surface area contributed by atoms with Gasteiger partial charge in [0.1, 0.15) is 27.8 Å². The van der Waals surface area contributed by atoms with Gasteiger partial charge in [0.25, 0.3) is 0 Å². The molecule has 0 N–H and O–H groups in total. The molecule has 5 nitrogen and oxygen atoms in total. The van der Waals surface area contributed by atoms with Gasteiger partial charge < -0.3 is 4.74 Å². The molecule has 0 spiro atoms. The second kappa shape index (κ2) is 7.66. The maximum Gasteiger partial charge on any atom is 0.316 e. The molecule has 0 unspecified atom stereocenters. The molecule has 25 heavy (non-hydrogen) atoms. The Hall–Kier alpha value is -2.39. The molecule has 2 heterocycles. The van der Waals surface area contributed by atoms with Crippen molar-refractivity contribution in [3.63, 3.8) is 0 Å². The Morgan fingerprint density at radius 1 is 1.20 bits per heavy atom. The third kappa shape index (κ3) is 4.18. The van der Waals surface area contributed by atoms with Crippen LogP contribution in [0.25, 0.3) is 10.2 Å². The molecule has 0 saturated carbocycles. The summed E-state index contributed by atoms with van der Waals surface area (Å²) < 4.78 is 31.2. The molecule has 0 aliphatic heterocycles. The Balaban J connectivity index is 1.54. The lowest BCUT2D eigenvalue weighted by Gasteiger charge is -2.05. The lowest BCUT2D eigenvalue weighted by molar-refractivity contribution is -0.139. The summed E-state index contributed by atoms with van der Waals surface area (Å²) in [6, 6.07) is 4.44. The number of hydrogen-bond acceptors (Lipinski definition) is 7. The Bertz CT molecular complexity index is 946. The smallest absolute Gasteiger partial charge is 0.316 e. The van der Waals surface area contributed by atoms with Gasteiger partial charge in [0.2, 0.25) is 5.78 Å². The van der Waals surface area contributed by atoms with Crippen molar-refractivity contribution in [2.75, 3.05) is 12.4 Å². The highest BCUT2D eigenvalue weighted by Gasteiger charge is 2.15. The molecule has 0 bridgehead atoms. The first-order chi connectivity index (χ1) is 12.0. The molecule has 0 fully saturated rings. The number of carbonyl (C=O) groups excluding carboxylic acids is 2. The molecule has 3 aromatic rings. The second-order valence-corrected chi connectivity index (χ2v) is 6.67. The van der Waals surface area contributed by atoms with Crippen LogP contribution in [0.4, 0.5) is 8.78 Å². The first-order valence-electron chi connectivity index (χ1n) is 6.99. The number of rotatable bonds is 6. The van der Waals surface area contributed by atoms with Gasteiger partial charge in [0.05, 0.1) is 11.3 Å². The van der Waals surface area contributed by atoms with Crippen molar-refractivity contribution in [2.45, 2.75) is 5.03 Å². The molecule has 3 rings (SSSR count). The summed E-state index contributed by atoms with van der Waals surface area (Å²) in [5.74, 6) is -3.20. The number of carbonyl (C=O) groups is 2. The predicted molar refractivity (Wildman–Crippen MR) is 89.8 cm³/mol. The van der Waals surface area contributed by atoms with Crippen LogP contribution in [-0.2, 0) is 9.53 Å². The zero-order chi connectivity index (χ0) is 17.8. The van der Waals surface area contributed by atoms with Gasteiger partial charge in [-0.3, -0.25) is 9.59 Å². The van der Waals surface area contributed by atoms with Gasteiger partial charge in [-0.05, 0) is 23.6 Å². The molecule has 0 aliphatic carbocycles. The summed E-state index contributed by atoms with van der Waals surface area (Å²) in [7, 11) is 0. The Morgan fingerprint density at radius 2 is 2.04 bits per heavy atom. The van der Waals surface area contributed by atoms with E-state index in [1.54, 1.807) is 0 Å². The fourth-order valence-electron chi connectivity index (χ4n) is 1.99. The number of fused-ring (bicyclic) bond motifs is 1. The Morgan fingerprint density at radius 3 is 2.84 bits per heavy atom. The van der Waals surface area contributed by atoms with E-state index in [9.17, 15) is 18.4 Å². The number of thioether (sulfide) groups is 1. The van der Waals surface area contributed by atoms with Crippen LogP contribution >= 0.6 is 23.1 Å². The van der Waals surface area contributed by atoms with E-state index < -0.39 is 30.0 Å². The molecule has 0 amide bonds. The van der Waals surface area contributed by atoms with Crippen molar-refractivity contribution in [1.82, 2.24) is 9.97 Å². The fourth-order valence-corrected chi connectivity index (χ4v) is 3.57. The van der Waals surface area contributed by atoms with Crippen LogP contribution in [0.15, 0.2) is 41.0 Å². The summed E-state index contributed by atoms with van der Waals surface area (Å²) in [5, 5.41) is 3.35. The third-order valence-electron chi connectivity index (χ3n) is 3.15. The Kier molecular flexibility index (Phi) is 5.34. The highest BCUT2D eigenvalue weighted by atomic mass is 32.2. The van der Waals surface area contributed by atoms with Crippen LogP contribution < -0.4 is 0 Å². The highest BCUT2D eigenvalue weighted by molar-refractivity contribution is 8.00. The number of benzene rings is 1. The van der Waals surface area contributed by atoms with E-state index in [0.717, 1.165) is 34.1 Å². The molecule has 1 aromatic carbocycles. The average molecular weight is 380 g/mol. The van der Waals surface area contributed by atoms with Crippen molar-refractivity contribution in [2.24, 2.45) is 0 Å². The minimum atomic E-state index is -0.990. The van der Waals surface area contributed by atoms with Gasteiger partial charge in [0, 0.05) is 11.5 Å². The first kappa shape index (κ1) is 17.4. The van der Waals surface area contributed by atoms with E-state index >= 15 is 0 Å². The van der Waals surface area contributed by atoms with Crippen LogP contribution in [0.3, 0.4) is 0 Å². The van der Waals surface area contributed by atoms with E-state index in [2.05, 4.69) is 9.97 Å². The average Bonchev–Trinajstić information content (AvgIpc) is 3.07. The van der Waals surface area contributed by atoms with Crippen LogP contribution in [-0.4, -0.2) is 34.1 Å². The number of nitrogens with zero attached hydrogens (tertiary/aromatic N) is 2. The monoisotopic (exact) mass is 380 g/mol. The SMILES string of the molecule is O=C(CSc1ncnc2sccc12)OCC(=O)c1ccc(F)cc1F. The van der Waals surface area contributed by atoms with Gasteiger partial charge in [-0.15, -0.1) is 11.3 Å². The topological polar surface area (TPSA) is 69.2 Å². The summed E-state index contributed by atoms with van der Waals surface area (Å²) in [4.78, 5) is 32.6. The fraction of sp³-hybridized carbons (Fsp3) is 0.125. The van der Waals surface area contributed by atoms with Crippen molar-refractivity contribution in [3.8, 4) is 0 Å². The second-order valence-electron chi connectivity index (χ2n) is 4.81. The number of esters is 1. The molecule has 0 radical (unpaired) electrons. The maximum atomic E-state index is 13.5. The minimum Gasteiger partial charge on any atom is -0.457 e. The lowest BCUT2D eigenvalue weighted by atomic mass is 10.1. The van der Waals surface area contributed by atoms with Crippen molar-refractivity contribution < 1.29 is 23.1 Å². The number of ether oxygens (including phenoxy) is 1. The summed E-state index contributed by atoms with van der Waals surface area (Å²) in [5.41, 5.74) is -0.322. The lowest BCUT2D eigenvalue weighted by Crippen LogP contribution is -2.16. The third-order valence-corrected chi connectivity index (χ3v) is 4.95. The van der Waals surface area contributed by atoms with Crippen LogP contribution in [0.1, 0.15) is 10.4 Å². The maximum absolute atomic E-state index is 13.5. The number of ketones is 1. The number of Topliss-reactive ketones (excluding diaryl/α,β-unsaturated/α-hetero) is 1. The summed E-state index contributed by atoms with van der Waals surface area (Å²) in [6.07, 6.45) is 1.41. The standard InChI is InChI=1S/C16H10F2N2O3S2/c17-9-1-2-10(12(18)5-9)13(21)6-23-14(22)7-25-16-11-3-4-24-15(11)19-8-20-16/h1-5,8H,6-7H2. The zero-order valence-electron chi connectivity index (χ0n) is 12.6. The van der Waals surface area contributed by atoms with Gasteiger partial charge in [0.15, 0.2) is 6.61 Å². The van der Waals surface area contributed by atoms with Gasteiger partial charge in [-0.2, -0.15) is 0 Å². The van der Waals surface area contributed by atoms with E-state index in [0.29, 0.717) is 11.1 Å². The van der Waals surface area contributed by atoms with Gasteiger partial charge >= 0.3 is 5.97 Å². The number of halogens is 2. The van der Waals surface area contributed by atoms with Crippen molar-refractivity contribution >= 4 is 45.1 Å². The summed E-state index contributed by atoms with van der Waals surface area (Å²) >= 11 is 2.62. The van der Waals surface area contributed by atoms with E-state index in [-0.39, 0.29) is 11.3 Å². The van der Waals surface area contributed by atoms with Crippen molar-refractivity contribution in [3.05, 3.63) is 53.2 Å². The van der Waals surface area contributed by atoms with E-state index in [1.165, 1.54) is 17.7 Å². The van der Waals surface area contributed by atoms with Gasteiger partial charge in [-0.25, -0.2) is 18.7 Å². The zero-order valence-corrected chi connectivity index (χ0v) is 14.2. The molecular weight excluding hydrogens is 370 g/mol. The molecule has 2 aromatic heterocycles. The highest BCUT2D eigenvalue weighted by Crippen LogP contribution is 2.27. The Labute approximate surface area is 149 Å². The molecule has 128 valence electrons. The van der Waals surface area contributed by atoms with Crippen LogP contribution in [0.5, 0.6) is 0 Å². The molecule has 0 atom stereocenters. The van der Waals surface area contributed by atoms with Crippen molar-refractivity contribution in [1.29, 1.82) is 0 Å². The van der Waals surface area contributed by atoms with Gasteiger partial charge in [-0.1, -0.05) is 11.8 Å². The molecule has 9 heteroatoms. The number of hydrogen-bond donors (Lipinski definition) is 0. The number of aromatic nitrogens is 2. The normalized spacial score (nSPS) is 10.8. The minimum absolute atomic E-state index is 0.0544. The van der Waals surface area contributed by atoms with E-state index in [4.69, 9.17) is 4.74 Å². The molecular formula is C16H10F2N2O3S2. The summed E-state index contributed by atoms with van der Waals surface area (Å²) in [6.45, 7) is -0.612.